The number of carbonyl (C=O) groups excluding carboxylic acids is 1. The Labute approximate surface area is 221 Å². The molecule has 196 valence electrons. The maximum atomic E-state index is 12.3. The van der Waals surface area contributed by atoms with Gasteiger partial charge in [0, 0.05) is 62.1 Å². The number of hydrogen-bond donors (Lipinski definition) is 1. The largest absolute Gasteiger partial charge is 0.444 e. The number of piperidine rings is 1. The second-order valence-corrected chi connectivity index (χ2v) is 11.6. The molecule has 0 spiro atoms. The number of ether oxygens (including phenoxy) is 1. The number of benzene rings is 2. The quantitative estimate of drug-likeness (QED) is 0.452. The van der Waals surface area contributed by atoms with E-state index < -0.39 is 5.60 Å². The average Bonchev–Trinajstić information content (AvgIpc) is 3.39. The minimum atomic E-state index is -0.433. The van der Waals surface area contributed by atoms with E-state index in [0.29, 0.717) is 11.8 Å². The molecule has 0 saturated carbocycles. The van der Waals surface area contributed by atoms with E-state index in [4.69, 9.17) is 4.74 Å². The molecule has 1 N–H and O–H groups in total. The van der Waals surface area contributed by atoms with Crippen LogP contribution in [0.25, 0.3) is 10.8 Å². The van der Waals surface area contributed by atoms with E-state index in [0.717, 1.165) is 52.1 Å². The molecule has 1 aromatic heterocycles. The van der Waals surface area contributed by atoms with Crippen LogP contribution in [0.4, 0.5) is 10.5 Å². The molecule has 1 atom stereocenters. The highest BCUT2D eigenvalue weighted by atomic mass is 16.6. The van der Waals surface area contributed by atoms with Crippen LogP contribution in [0.1, 0.15) is 57.1 Å². The molecule has 0 bridgehead atoms. The minimum absolute atomic E-state index is 0.181. The highest BCUT2D eigenvalue weighted by molar-refractivity contribution is 5.85. The molecule has 2 saturated heterocycles. The highest BCUT2D eigenvalue weighted by Gasteiger charge is 2.27. The first kappa shape index (κ1) is 25.5. The molecular formula is C31H40N4O2. The number of amides is 1. The second kappa shape index (κ2) is 11.1. The lowest BCUT2D eigenvalue weighted by Crippen LogP contribution is -2.43. The van der Waals surface area contributed by atoms with E-state index in [9.17, 15) is 4.79 Å². The summed E-state index contributed by atoms with van der Waals surface area (Å²) in [5.41, 5.74) is 3.63. The van der Waals surface area contributed by atoms with Crippen molar-refractivity contribution in [1.82, 2.24) is 15.2 Å². The molecule has 3 heterocycles. The summed E-state index contributed by atoms with van der Waals surface area (Å²) in [6.07, 6.45) is 6.85. The smallest absolute Gasteiger partial charge is 0.410 e. The zero-order valence-corrected chi connectivity index (χ0v) is 22.5. The van der Waals surface area contributed by atoms with Gasteiger partial charge >= 0.3 is 6.09 Å². The van der Waals surface area contributed by atoms with Crippen molar-refractivity contribution in [3.05, 3.63) is 72.1 Å². The van der Waals surface area contributed by atoms with E-state index in [1.165, 1.54) is 34.0 Å². The van der Waals surface area contributed by atoms with Crippen LogP contribution in [0.3, 0.4) is 0 Å². The van der Waals surface area contributed by atoms with Crippen LogP contribution in [-0.2, 0) is 11.3 Å². The molecular weight excluding hydrogens is 460 g/mol. The zero-order chi connectivity index (χ0) is 25.8. The predicted octanol–water partition coefficient (Wildman–Crippen LogP) is 5.97. The van der Waals surface area contributed by atoms with Gasteiger partial charge in [-0.25, -0.2) is 4.79 Å². The number of carbonyl (C=O) groups is 1. The van der Waals surface area contributed by atoms with Crippen molar-refractivity contribution in [2.24, 2.45) is 5.92 Å². The number of anilines is 1. The van der Waals surface area contributed by atoms with Gasteiger partial charge in [0.25, 0.3) is 0 Å². The van der Waals surface area contributed by atoms with E-state index in [-0.39, 0.29) is 6.09 Å². The molecule has 2 fully saturated rings. The summed E-state index contributed by atoms with van der Waals surface area (Å²) in [6.45, 7) is 11.4. The summed E-state index contributed by atoms with van der Waals surface area (Å²) in [4.78, 5) is 20.8. The van der Waals surface area contributed by atoms with Crippen LogP contribution in [0.5, 0.6) is 0 Å². The Hall–Kier alpha value is -3.12. The summed E-state index contributed by atoms with van der Waals surface area (Å²) in [7, 11) is 0. The molecule has 1 unspecified atom stereocenters. The molecule has 1 amide bonds. The fraction of sp³-hybridized carbons (Fsp3) is 0.484. The zero-order valence-electron chi connectivity index (χ0n) is 22.5. The van der Waals surface area contributed by atoms with Crippen molar-refractivity contribution in [2.75, 3.05) is 37.6 Å². The van der Waals surface area contributed by atoms with Crippen LogP contribution in [0.2, 0.25) is 0 Å². The Morgan fingerprint density at radius 2 is 1.78 bits per heavy atom. The lowest BCUT2D eigenvalue weighted by atomic mass is 9.96. The van der Waals surface area contributed by atoms with Gasteiger partial charge in [0.15, 0.2) is 0 Å². The van der Waals surface area contributed by atoms with Crippen LogP contribution in [0, 0.1) is 5.92 Å². The van der Waals surface area contributed by atoms with Gasteiger partial charge < -0.3 is 19.9 Å². The summed E-state index contributed by atoms with van der Waals surface area (Å²) in [5, 5.41) is 6.08. The van der Waals surface area contributed by atoms with Crippen molar-refractivity contribution in [1.29, 1.82) is 0 Å². The Balaban J connectivity index is 1.06. The van der Waals surface area contributed by atoms with Gasteiger partial charge in [-0.05, 0) is 87.2 Å². The molecule has 5 rings (SSSR count). The first-order valence-electron chi connectivity index (χ1n) is 13.7. The standard InChI is InChI=1S/C31H40N4O2/c1-31(2,3)37-30(36)34-15-11-24(12-16-34)20-33-19-23-4-6-25(7-5-23)28-13-17-35(22-28)29-9-8-27-21-32-14-10-26(27)18-29/h4-10,14,18,21,24,28,33H,11-13,15-17,19-20,22H2,1-3H3. The van der Waals surface area contributed by atoms with Crippen LogP contribution in [0.15, 0.2) is 60.9 Å². The van der Waals surface area contributed by atoms with Gasteiger partial charge in [-0.15, -0.1) is 0 Å². The fourth-order valence-corrected chi connectivity index (χ4v) is 5.51. The average molecular weight is 501 g/mol. The molecule has 6 nitrogen and oxygen atoms in total. The predicted molar refractivity (Wildman–Crippen MR) is 150 cm³/mol. The molecule has 2 aliphatic rings. The lowest BCUT2D eigenvalue weighted by Gasteiger charge is -2.33. The fourth-order valence-electron chi connectivity index (χ4n) is 5.51. The molecule has 0 radical (unpaired) electrons. The summed E-state index contributed by atoms with van der Waals surface area (Å²) < 4.78 is 5.51. The number of nitrogens with one attached hydrogen (secondary N) is 1. The molecule has 6 heteroatoms. The Morgan fingerprint density at radius 1 is 1.00 bits per heavy atom. The normalized spacial score (nSPS) is 18.9. The minimum Gasteiger partial charge on any atom is -0.444 e. The van der Waals surface area contributed by atoms with E-state index in [2.05, 4.69) is 63.7 Å². The van der Waals surface area contributed by atoms with Gasteiger partial charge in [0.2, 0.25) is 0 Å². The van der Waals surface area contributed by atoms with Gasteiger partial charge in [0.05, 0.1) is 0 Å². The Bertz CT molecular complexity index is 1200. The van der Waals surface area contributed by atoms with Crippen molar-refractivity contribution < 1.29 is 9.53 Å². The molecule has 37 heavy (non-hydrogen) atoms. The van der Waals surface area contributed by atoms with Gasteiger partial charge in [-0.3, -0.25) is 4.98 Å². The molecule has 3 aromatic rings. The summed E-state index contributed by atoms with van der Waals surface area (Å²) in [6, 6.07) is 18.0. The topological polar surface area (TPSA) is 57.7 Å². The first-order valence-corrected chi connectivity index (χ1v) is 13.7. The third kappa shape index (κ3) is 6.61. The number of fused-ring (bicyclic) bond motifs is 1. The van der Waals surface area contributed by atoms with Crippen LogP contribution >= 0.6 is 0 Å². The number of nitrogens with zero attached hydrogens (tertiary/aromatic N) is 3. The van der Waals surface area contributed by atoms with Crippen LogP contribution in [-0.4, -0.2) is 54.3 Å². The van der Waals surface area contributed by atoms with Crippen molar-refractivity contribution in [2.45, 2.75) is 58.1 Å². The Kier molecular flexibility index (Phi) is 7.65. The van der Waals surface area contributed by atoms with Crippen LogP contribution < -0.4 is 10.2 Å². The maximum Gasteiger partial charge on any atom is 0.410 e. The van der Waals surface area contributed by atoms with Crippen molar-refractivity contribution in [3.63, 3.8) is 0 Å². The molecule has 2 aromatic carbocycles. The maximum absolute atomic E-state index is 12.3. The van der Waals surface area contributed by atoms with E-state index >= 15 is 0 Å². The van der Waals surface area contributed by atoms with Gasteiger partial charge in [-0.2, -0.15) is 0 Å². The van der Waals surface area contributed by atoms with E-state index in [1.54, 1.807) is 0 Å². The van der Waals surface area contributed by atoms with Crippen molar-refractivity contribution >= 4 is 22.6 Å². The Morgan fingerprint density at radius 3 is 2.54 bits per heavy atom. The number of aromatic nitrogens is 1. The summed E-state index contributed by atoms with van der Waals surface area (Å²) in [5.74, 6) is 1.18. The number of likely N-dealkylation sites (tertiary alicyclic amines) is 1. The van der Waals surface area contributed by atoms with Crippen molar-refractivity contribution in [3.8, 4) is 0 Å². The van der Waals surface area contributed by atoms with Gasteiger partial charge in [0.1, 0.15) is 5.60 Å². The monoisotopic (exact) mass is 500 g/mol. The first-order chi connectivity index (χ1) is 17.8. The van der Waals surface area contributed by atoms with E-state index in [1.807, 2.05) is 38.1 Å². The number of hydrogen-bond acceptors (Lipinski definition) is 5. The lowest BCUT2D eigenvalue weighted by molar-refractivity contribution is 0.0184. The number of pyridine rings is 1. The SMILES string of the molecule is CC(C)(C)OC(=O)N1CCC(CNCc2ccc(C3CCN(c4ccc5cnccc5c4)C3)cc2)CC1. The second-order valence-electron chi connectivity index (χ2n) is 11.6. The third-order valence-electron chi connectivity index (χ3n) is 7.66. The highest BCUT2D eigenvalue weighted by Crippen LogP contribution is 2.32. The molecule has 0 aliphatic carbocycles. The van der Waals surface area contributed by atoms with Gasteiger partial charge in [-0.1, -0.05) is 30.3 Å². The number of rotatable bonds is 6. The summed E-state index contributed by atoms with van der Waals surface area (Å²) >= 11 is 0. The molecule has 2 aliphatic heterocycles. The third-order valence-corrected chi connectivity index (χ3v) is 7.66.